The largest absolute Gasteiger partial charge is 0.439 e. The highest BCUT2D eigenvalue weighted by molar-refractivity contribution is 7.68. The van der Waals surface area contributed by atoms with Crippen LogP contribution in [-0.4, -0.2) is 20.4 Å². The first-order chi connectivity index (χ1) is 23.0. The summed E-state index contributed by atoms with van der Waals surface area (Å²) in [6.07, 6.45) is 0.748. The molecule has 0 aliphatic carbocycles. The second-order valence-electron chi connectivity index (χ2n) is 12.3. The van der Waals surface area contributed by atoms with E-state index >= 15 is 9.13 Å². The van der Waals surface area contributed by atoms with E-state index in [9.17, 15) is 0 Å². The van der Waals surface area contributed by atoms with Gasteiger partial charge in [-0.05, 0) is 47.5 Å². The summed E-state index contributed by atoms with van der Waals surface area (Å²) in [4.78, 5) is 0. The number of hydrogen-bond acceptors (Lipinski definition) is 4. The van der Waals surface area contributed by atoms with Crippen LogP contribution in [0.5, 0.6) is 11.5 Å². The highest BCUT2D eigenvalue weighted by Gasteiger charge is 2.45. The van der Waals surface area contributed by atoms with E-state index in [1.807, 2.05) is 109 Å². The van der Waals surface area contributed by atoms with Crippen molar-refractivity contribution in [1.29, 1.82) is 0 Å². The summed E-state index contributed by atoms with van der Waals surface area (Å²) < 4.78 is 43.3. The van der Waals surface area contributed by atoms with Crippen molar-refractivity contribution in [2.75, 3.05) is 12.3 Å². The molecule has 0 radical (unpaired) electrons. The topological polar surface area (TPSA) is 52.6 Å². The first kappa shape index (κ1) is 30.0. The van der Waals surface area contributed by atoms with Crippen molar-refractivity contribution in [2.45, 2.75) is 12.1 Å². The molecule has 8 rings (SSSR count). The maximum absolute atomic E-state index is 15.1. The number of para-hydroxylation sites is 2. The Morgan fingerprint density at radius 3 is 1.17 bits per heavy atom. The van der Waals surface area contributed by atoms with E-state index in [0.717, 1.165) is 32.9 Å². The number of rotatable bonds is 8. The fourth-order valence-corrected chi connectivity index (χ4v) is 19.7. The molecule has 6 aromatic carbocycles. The van der Waals surface area contributed by atoms with Crippen molar-refractivity contribution in [1.82, 2.24) is 0 Å². The molecular weight excluding hydrogens is 634 g/mol. The van der Waals surface area contributed by atoms with Gasteiger partial charge in [0.2, 0.25) is 0 Å². The van der Waals surface area contributed by atoms with E-state index in [1.165, 1.54) is 10.4 Å². The van der Waals surface area contributed by atoms with E-state index in [4.69, 9.17) is 9.05 Å². The third-order valence-electron chi connectivity index (χ3n) is 9.71. The zero-order valence-electron chi connectivity index (χ0n) is 25.9. The van der Waals surface area contributed by atoms with Crippen molar-refractivity contribution in [2.24, 2.45) is 0 Å². The van der Waals surface area contributed by atoms with Gasteiger partial charge in [-0.3, -0.25) is 9.13 Å². The van der Waals surface area contributed by atoms with Crippen molar-refractivity contribution in [3.63, 3.8) is 0 Å². The number of benzene rings is 6. The normalized spacial score (nSPS) is 19.2. The lowest BCUT2D eigenvalue weighted by Gasteiger charge is -2.37. The summed E-state index contributed by atoms with van der Waals surface area (Å²) in [5.41, 5.74) is 3.88. The SMILES string of the molecule is O=P1(CC[Si](CCP2(=O)Oc3ccccc3-c3ccccc32)(c2ccccc2)c2ccccc2)Oc2ccccc2-c2ccccc21. The van der Waals surface area contributed by atoms with Gasteiger partial charge in [0.15, 0.2) is 0 Å². The van der Waals surface area contributed by atoms with Gasteiger partial charge in [-0.1, -0.05) is 144 Å². The fraction of sp³-hybridized carbons (Fsp3) is 0.100. The van der Waals surface area contributed by atoms with Crippen LogP contribution in [0.25, 0.3) is 22.3 Å². The van der Waals surface area contributed by atoms with E-state index in [0.29, 0.717) is 35.9 Å². The minimum atomic E-state index is -3.31. The molecule has 6 aromatic rings. The molecule has 0 saturated carbocycles. The average Bonchev–Trinajstić information content (AvgIpc) is 3.13. The van der Waals surface area contributed by atoms with Gasteiger partial charge in [-0.25, -0.2) is 0 Å². The maximum atomic E-state index is 15.1. The Kier molecular flexibility index (Phi) is 7.65. The van der Waals surface area contributed by atoms with E-state index < -0.39 is 22.8 Å². The number of hydrogen-bond donors (Lipinski definition) is 0. The molecule has 0 saturated heterocycles. The van der Waals surface area contributed by atoms with Gasteiger partial charge < -0.3 is 9.05 Å². The van der Waals surface area contributed by atoms with Crippen LogP contribution < -0.4 is 30.0 Å². The summed E-state index contributed by atoms with van der Waals surface area (Å²) in [5, 5.41) is 4.00. The Bertz CT molecular complexity index is 2030. The van der Waals surface area contributed by atoms with E-state index in [1.54, 1.807) is 0 Å². The molecule has 2 atom stereocenters. The van der Waals surface area contributed by atoms with Gasteiger partial charge in [-0.2, -0.15) is 0 Å². The molecule has 2 unspecified atom stereocenters. The Labute approximate surface area is 277 Å². The second-order valence-corrected chi connectivity index (χ2v) is 21.6. The fourth-order valence-electron chi connectivity index (χ4n) is 7.34. The summed E-state index contributed by atoms with van der Waals surface area (Å²) in [6.45, 7) is 0. The predicted octanol–water partition coefficient (Wildman–Crippen LogP) is 8.58. The highest BCUT2D eigenvalue weighted by Crippen LogP contribution is 2.57. The van der Waals surface area contributed by atoms with Crippen molar-refractivity contribution in [3.05, 3.63) is 158 Å². The Balaban J connectivity index is 1.22. The van der Waals surface area contributed by atoms with Gasteiger partial charge in [0.25, 0.3) is 14.7 Å². The van der Waals surface area contributed by atoms with Crippen LogP contribution in [-0.2, 0) is 9.13 Å². The van der Waals surface area contributed by atoms with Gasteiger partial charge >= 0.3 is 0 Å². The van der Waals surface area contributed by atoms with Crippen LogP contribution in [0.2, 0.25) is 12.1 Å². The van der Waals surface area contributed by atoms with Crippen LogP contribution in [0, 0.1) is 0 Å². The lowest BCUT2D eigenvalue weighted by atomic mass is 10.0. The third-order valence-corrected chi connectivity index (χ3v) is 20.5. The van der Waals surface area contributed by atoms with Gasteiger partial charge in [0.05, 0.1) is 10.6 Å². The molecule has 232 valence electrons. The molecule has 0 aromatic heterocycles. The Morgan fingerprint density at radius 1 is 0.404 bits per heavy atom. The van der Waals surface area contributed by atoms with Crippen molar-refractivity contribution >= 4 is 43.8 Å². The second kappa shape index (κ2) is 12.0. The first-order valence-corrected chi connectivity index (χ1v) is 22.1. The van der Waals surface area contributed by atoms with Crippen LogP contribution in [0.15, 0.2) is 158 Å². The molecule has 0 spiro atoms. The van der Waals surface area contributed by atoms with Crippen molar-refractivity contribution < 1.29 is 18.2 Å². The third kappa shape index (κ3) is 5.24. The monoisotopic (exact) mass is 668 g/mol. The zero-order chi connectivity index (χ0) is 31.9. The Morgan fingerprint density at radius 2 is 0.745 bits per heavy atom. The molecule has 2 aliphatic rings. The minimum absolute atomic E-state index is 0.374. The summed E-state index contributed by atoms with van der Waals surface area (Å²) in [6, 6.07) is 54.1. The molecule has 7 heteroatoms. The van der Waals surface area contributed by atoms with Gasteiger partial charge in [0.1, 0.15) is 19.6 Å². The molecule has 0 N–H and O–H groups in total. The van der Waals surface area contributed by atoms with E-state index in [2.05, 4.69) is 48.5 Å². The molecule has 4 nitrogen and oxygen atoms in total. The Hall–Kier alpha value is -4.40. The smallest absolute Gasteiger partial charge is 0.277 e. The number of fused-ring (bicyclic) bond motifs is 6. The van der Waals surface area contributed by atoms with Crippen LogP contribution in [0.4, 0.5) is 0 Å². The molecule has 0 fully saturated rings. The zero-order valence-corrected chi connectivity index (χ0v) is 28.7. The van der Waals surface area contributed by atoms with Gasteiger partial charge in [0, 0.05) is 23.5 Å². The first-order valence-electron chi connectivity index (χ1n) is 16.1. The van der Waals surface area contributed by atoms with Crippen LogP contribution in [0.3, 0.4) is 0 Å². The quantitative estimate of drug-likeness (QED) is 0.121. The molecule has 47 heavy (non-hydrogen) atoms. The standard InChI is InChI=1S/C40H34O4P2Si/c41-45(39-25-13-9-21-35(39)33-19-7-11-23-37(33)43-45)27-29-47(31-15-3-1-4-16-31,32-17-5-2-6-18-32)30-28-46(42)40-26-14-10-22-36(40)34-20-8-12-24-38(34)44-46/h1-26H,27-30H2. The van der Waals surface area contributed by atoms with Crippen molar-refractivity contribution in [3.8, 4) is 33.8 Å². The lowest BCUT2D eigenvalue weighted by molar-refractivity contribution is 0.492. The minimum Gasteiger partial charge on any atom is -0.439 e. The summed E-state index contributed by atoms with van der Waals surface area (Å²) in [5.74, 6) is 1.33. The van der Waals surface area contributed by atoms with Gasteiger partial charge in [-0.15, -0.1) is 0 Å². The highest BCUT2D eigenvalue weighted by atomic mass is 31.2. The van der Waals surface area contributed by atoms with Crippen LogP contribution in [0.1, 0.15) is 0 Å². The molecule has 2 aliphatic heterocycles. The molecule has 0 amide bonds. The molecule has 2 heterocycles. The lowest BCUT2D eigenvalue weighted by Crippen LogP contribution is -2.59. The molecule has 0 bridgehead atoms. The molecular formula is C40H34O4P2Si. The van der Waals surface area contributed by atoms with E-state index in [-0.39, 0.29) is 0 Å². The summed E-state index contributed by atoms with van der Waals surface area (Å²) in [7, 11) is -9.36. The summed E-state index contributed by atoms with van der Waals surface area (Å²) >= 11 is 0. The average molecular weight is 669 g/mol. The van der Waals surface area contributed by atoms with Crippen LogP contribution >= 0.6 is 14.7 Å². The maximum Gasteiger partial charge on any atom is 0.277 e. The predicted molar refractivity (Wildman–Crippen MR) is 197 cm³/mol.